The summed E-state index contributed by atoms with van der Waals surface area (Å²) in [5.74, 6) is -0.705. The fourth-order valence-electron chi connectivity index (χ4n) is 1.59. The third-order valence-corrected chi connectivity index (χ3v) is 2.62. The minimum Gasteiger partial charge on any atom is -0.476 e. The zero-order valence-corrected chi connectivity index (χ0v) is 11.0. The van der Waals surface area contributed by atoms with Gasteiger partial charge in [-0.15, -0.1) is 0 Å². The van der Waals surface area contributed by atoms with Gasteiger partial charge in [-0.3, -0.25) is 4.79 Å². The Morgan fingerprint density at radius 1 is 1.33 bits per heavy atom. The van der Waals surface area contributed by atoms with E-state index in [1.807, 2.05) is 6.07 Å². The van der Waals surface area contributed by atoms with Crippen LogP contribution in [0.1, 0.15) is 15.9 Å². The van der Waals surface area contributed by atoms with Gasteiger partial charge in [0.1, 0.15) is 18.5 Å². The van der Waals surface area contributed by atoms with E-state index in [9.17, 15) is 9.18 Å². The molecule has 0 saturated heterocycles. The number of carbonyl (C=O) groups is 1. The summed E-state index contributed by atoms with van der Waals surface area (Å²) in [6.07, 6.45) is 1.40. The topological polar surface area (TPSA) is 75.0 Å². The van der Waals surface area contributed by atoms with Gasteiger partial charge in [-0.05, 0) is 18.2 Å². The van der Waals surface area contributed by atoms with E-state index in [1.165, 1.54) is 24.4 Å². The average Bonchev–Trinajstić information content (AvgIpc) is 2.52. The van der Waals surface area contributed by atoms with E-state index in [0.717, 1.165) is 0 Å². The van der Waals surface area contributed by atoms with Crippen molar-refractivity contribution in [2.45, 2.75) is 0 Å². The number of hydrogen-bond acceptors (Lipinski definition) is 4. The molecule has 21 heavy (non-hydrogen) atoms. The van der Waals surface area contributed by atoms with Crippen LogP contribution in [0, 0.1) is 17.1 Å². The second-order valence-corrected chi connectivity index (χ2v) is 4.08. The maximum absolute atomic E-state index is 13.4. The Bertz CT molecular complexity index is 665. The van der Waals surface area contributed by atoms with Crippen LogP contribution in [0.4, 0.5) is 4.39 Å². The van der Waals surface area contributed by atoms with Crippen molar-refractivity contribution in [3.8, 4) is 11.9 Å². The Labute approximate surface area is 121 Å². The Hall–Kier alpha value is -2.94. The second-order valence-electron chi connectivity index (χ2n) is 4.08. The number of benzene rings is 1. The molecule has 106 valence electrons. The molecule has 0 radical (unpaired) electrons. The van der Waals surface area contributed by atoms with Gasteiger partial charge in [0, 0.05) is 12.3 Å². The number of ether oxygens (including phenoxy) is 1. The van der Waals surface area contributed by atoms with Crippen molar-refractivity contribution >= 4 is 5.91 Å². The van der Waals surface area contributed by atoms with Crippen LogP contribution in [0.2, 0.25) is 0 Å². The summed E-state index contributed by atoms with van der Waals surface area (Å²) in [7, 11) is 0. The second kappa shape index (κ2) is 7.01. The molecule has 0 aliphatic carbocycles. The van der Waals surface area contributed by atoms with Gasteiger partial charge in [0.2, 0.25) is 5.88 Å². The van der Waals surface area contributed by atoms with Crippen LogP contribution in [-0.2, 0) is 0 Å². The van der Waals surface area contributed by atoms with Gasteiger partial charge in [-0.1, -0.05) is 12.1 Å². The molecule has 5 nitrogen and oxygen atoms in total. The molecule has 0 bridgehead atoms. The summed E-state index contributed by atoms with van der Waals surface area (Å²) in [6.45, 7) is 0.411. The summed E-state index contributed by atoms with van der Waals surface area (Å²) in [4.78, 5) is 15.6. The highest BCUT2D eigenvalue weighted by molar-refractivity contribution is 5.94. The maximum atomic E-state index is 13.4. The smallest absolute Gasteiger partial charge is 0.254 e. The van der Waals surface area contributed by atoms with Crippen molar-refractivity contribution in [3.63, 3.8) is 0 Å². The monoisotopic (exact) mass is 285 g/mol. The average molecular weight is 285 g/mol. The van der Waals surface area contributed by atoms with E-state index in [0.29, 0.717) is 11.4 Å². The lowest BCUT2D eigenvalue weighted by atomic mass is 10.2. The van der Waals surface area contributed by atoms with Crippen molar-refractivity contribution in [1.29, 1.82) is 5.26 Å². The van der Waals surface area contributed by atoms with Crippen LogP contribution in [0.15, 0.2) is 42.6 Å². The molecular weight excluding hydrogens is 273 g/mol. The van der Waals surface area contributed by atoms with Crippen molar-refractivity contribution in [1.82, 2.24) is 10.3 Å². The Morgan fingerprint density at radius 3 is 2.81 bits per heavy atom. The number of rotatable bonds is 5. The molecule has 1 heterocycles. The van der Waals surface area contributed by atoms with Crippen LogP contribution in [0.25, 0.3) is 0 Å². The molecule has 0 atom stereocenters. The molecule has 1 aromatic heterocycles. The van der Waals surface area contributed by atoms with Gasteiger partial charge in [-0.2, -0.15) is 5.26 Å². The quantitative estimate of drug-likeness (QED) is 0.851. The highest BCUT2D eigenvalue weighted by atomic mass is 19.1. The molecule has 2 rings (SSSR count). The molecule has 1 amide bonds. The standard InChI is InChI=1S/C15H12FN3O2/c16-13-4-2-1-3-12(13)15(20)18-7-8-21-14-6-5-11(9-17)10-19-14/h1-6,10H,7-8H2,(H,18,20). The Balaban J connectivity index is 1.78. The predicted molar refractivity (Wildman–Crippen MR) is 73.2 cm³/mol. The molecule has 0 aliphatic rings. The van der Waals surface area contributed by atoms with Gasteiger partial charge >= 0.3 is 0 Å². The molecule has 0 spiro atoms. The van der Waals surface area contributed by atoms with Crippen LogP contribution >= 0.6 is 0 Å². The van der Waals surface area contributed by atoms with E-state index in [2.05, 4.69) is 10.3 Å². The lowest BCUT2D eigenvalue weighted by Gasteiger charge is -2.07. The summed E-state index contributed by atoms with van der Waals surface area (Å²) in [5.41, 5.74) is 0.434. The number of nitriles is 1. The van der Waals surface area contributed by atoms with Crippen molar-refractivity contribution < 1.29 is 13.9 Å². The number of pyridine rings is 1. The number of amides is 1. The first-order valence-electron chi connectivity index (χ1n) is 6.22. The molecule has 0 saturated carbocycles. The number of halogens is 1. The highest BCUT2D eigenvalue weighted by Gasteiger charge is 2.09. The molecule has 0 unspecified atom stereocenters. The minimum atomic E-state index is -0.565. The van der Waals surface area contributed by atoms with Crippen LogP contribution < -0.4 is 10.1 Å². The molecule has 2 aromatic rings. The summed E-state index contributed by atoms with van der Waals surface area (Å²) in [5, 5.41) is 11.2. The van der Waals surface area contributed by atoms with Crippen LogP contribution in [0.5, 0.6) is 5.88 Å². The molecule has 0 fully saturated rings. The minimum absolute atomic E-state index is 0.00556. The lowest BCUT2D eigenvalue weighted by Crippen LogP contribution is -2.28. The van der Waals surface area contributed by atoms with E-state index in [1.54, 1.807) is 18.2 Å². The van der Waals surface area contributed by atoms with Crippen molar-refractivity contribution in [3.05, 3.63) is 59.5 Å². The number of hydrogen-bond donors (Lipinski definition) is 1. The first-order valence-corrected chi connectivity index (χ1v) is 6.22. The summed E-state index contributed by atoms with van der Waals surface area (Å²) in [6, 6.07) is 10.9. The molecule has 0 aliphatic heterocycles. The van der Waals surface area contributed by atoms with E-state index in [4.69, 9.17) is 10.00 Å². The van der Waals surface area contributed by atoms with Gasteiger partial charge in [0.25, 0.3) is 5.91 Å². The van der Waals surface area contributed by atoms with Gasteiger partial charge in [-0.25, -0.2) is 9.37 Å². The summed E-state index contributed by atoms with van der Waals surface area (Å²) >= 11 is 0. The van der Waals surface area contributed by atoms with E-state index >= 15 is 0 Å². The van der Waals surface area contributed by atoms with Crippen LogP contribution in [0.3, 0.4) is 0 Å². The highest BCUT2D eigenvalue weighted by Crippen LogP contribution is 2.07. The first-order chi connectivity index (χ1) is 10.2. The van der Waals surface area contributed by atoms with Gasteiger partial charge in [0.15, 0.2) is 0 Å². The normalized spacial score (nSPS) is 9.71. The van der Waals surface area contributed by atoms with Crippen molar-refractivity contribution in [2.24, 2.45) is 0 Å². The third kappa shape index (κ3) is 4.01. The molecule has 1 N–H and O–H groups in total. The number of nitrogens with zero attached hydrogens (tertiary/aromatic N) is 2. The first kappa shape index (κ1) is 14.5. The van der Waals surface area contributed by atoms with E-state index in [-0.39, 0.29) is 18.7 Å². The number of aromatic nitrogens is 1. The SMILES string of the molecule is N#Cc1ccc(OCCNC(=O)c2ccccc2F)nc1. The zero-order chi connectivity index (χ0) is 15.1. The van der Waals surface area contributed by atoms with Crippen molar-refractivity contribution in [2.75, 3.05) is 13.2 Å². The van der Waals surface area contributed by atoms with E-state index < -0.39 is 11.7 Å². The largest absolute Gasteiger partial charge is 0.476 e. The predicted octanol–water partition coefficient (Wildman–Crippen LogP) is 1.90. The number of nitrogens with one attached hydrogen (secondary N) is 1. The fourth-order valence-corrected chi connectivity index (χ4v) is 1.59. The zero-order valence-electron chi connectivity index (χ0n) is 11.0. The molecular formula is C15H12FN3O2. The third-order valence-electron chi connectivity index (χ3n) is 2.62. The maximum Gasteiger partial charge on any atom is 0.254 e. The Kier molecular flexibility index (Phi) is 4.83. The van der Waals surface area contributed by atoms with Gasteiger partial charge in [0.05, 0.1) is 17.7 Å². The Morgan fingerprint density at radius 2 is 2.14 bits per heavy atom. The summed E-state index contributed by atoms with van der Waals surface area (Å²) < 4.78 is 18.7. The lowest BCUT2D eigenvalue weighted by molar-refractivity contribution is 0.0942. The van der Waals surface area contributed by atoms with Crippen LogP contribution in [-0.4, -0.2) is 24.0 Å². The number of carbonyl (C=O) groups excluding carboxylic acids is 1. The molecule has 6 heteroatoms. The van der Waals surface area contributed by atoms with Gasteiger partial charge < -0.3 is 10.1 Å². The fraction of sp³-hybridized carbons (Fsp3) is 0.133. The molecule has 1 aromatic carbocycles.